The highest BCUT2D eigenvalue weighted by atomic mass is 35.5. The molecule has 8 heteroatoms. The second-order valence-corrected chi connectivity index (χ2v) is 7.11. The van der Waals surface area contributed by atoms with Gasteiger partial charge in [-0.25, -0.2) is 0 Å². The van der Waals surface area contributed by atoms with Gasteiger partial charge in [-0.1, -0.05) is 11.6 Å². The molecule has 0 aliphatic carbocycles. The zero-order valence-corrected chi connectivity index (χ0v) is 16.4. The first-order chi connectivity index (χ1) is 13.8. The number of non-ortho nitro benzene ring substituents is 1. The van der Waals surface area contributed by atoms with E-state index in [1.54, 1.807) is 49.8 Å². The van der Waals surface area contributed by atoms with Gasteiger partial charge in [0.05, 0.1) is 4.92 Å². The summed E-state index contributed by atoms with van der Waals surface area (Å²) in [5.74, 6) is 1.02. The van der Waals surface area contributed by atoms with Gasteiger partial charge in [0.2, 0.25) is 0 Å². The van der Waals surface area contributed by atoms with E-state index in [4.69, 9.17) is 16.3 Å². The quantitative estimate of drug-likeness (QED) is 0.370. The number of nitro benzene ring substituents is 1. The lowest BCUT2D eigenvalue weighted by Gasteiger charge is -2.15. The van der Waals surface area contributed by atoms with Crippen molar-refractivity contribution in [3.05, 3.63) is 85.9 Å². The monoisotopic (exact) mass is 409 g/mol. The molecule has 0 unspecified atom stereocenters. The standard InChI is InChI=1S/C21H16ClN3O4/c1-12-9-13(22)3-5-18(12)29-19-6-4-14(25(27)28)10-16(19)17-11-24(2)21(26)20-15(17)7-8-23-20/h3-11,23H,1-2H3. The van der Waals surface area contributed by atoms with E-state index in [9.17, 15) is 14.9 Å². The normalized spacial score (nSPS) is 11.0. The Morgan fingerprint density at radius 3 is 2.59 bits per heavy atom. The summed E-state index contributed by atoms with van der Waals surface area (Å²) in [4.78, 5) is 26.2. The third-order valence-corrected chi connectivity index (χ3v) is 4.95. The molecule has 4 rings (SSSR count). The zero-order chi connectivity index (χ0) is 20.7. The summed E-state index contributed by atoms with van der Waals surface area (Å²) >= 11 is 6.02. The van der Waals surface area contributed by atoms with Crippen molar-refractivity contribution in [3.63, 3.8) is 0 Å². The van der Waals surface area contributed by atoms with Crippen LogP contribution in [0.25, 0.3) is 22.0 Å². The minimum atomic E-state index is -0.461. The number of nitro groups is 1. The predicted octanol–water partition coefficient (Wildman–Crippen LogP) is 5.20. The number of benzene rings is 2. The summed E-state index contributed by atoms with van der Waals surface area (Å²) in [6, 6.07) is 11.4. The summed E-state index contributed by atoms with van der Waals surface area (Å²) < 4.78 is 7.54. The van der Waals surface area contributed by atoms with Crippen LogP contribution in [0.15, 0.2) is 59.7 Å². The smallest absolute Gasteiger partial charge is 0.274 e. The maximum Gasteiger partial charge on any atom is 0.274 e. The number of ether oxygens (including phenoxy) is 1. The van der Waals surface area contributed by atoms with Crippen molar-refractivity contribution in [2.45, 2.75) is 6.92 Å². The number of aromatic nitrogens is 2. The van der Waals surface area contributed by atoms with Gasteiger partial charge in [0.15, 0.2) is 0 Å². The molecule has 0 saturated carbocycles. The molecule has 0 spiro atoms. The molecule has 0 amide bonds. The van der Waals surface area contributed by atoms with E-state index in [0.29, 0.717) is 38.6 Å². The number of pyridine rings is 1. The number of nitrogens with zero attached hydrogens (tertiary/aromatic N) is 2. The van der Waals surface area contributed by atoms with Crippen LogP contribution in [0.5, 0.6) is 11.5 Å². The third kappa shape index (κ3) is 3.36. The lowest BCUT2D eigenvalue weighted by atomic mass is 10.0. The Kier molecular flexibility index (Phi) is 4.60. The molecule has 2 aromatic heterocycles. The van der Waals surface area contributed by atoms with Crippen molar-refractivity contribution >= 4 is 28.2 Å². The minimum absolute atomic E-state index is 0.0716. The molecular formula is C21H16ClN3O4. The molecule has 0 aliphatic rings. The molecule has 1 N–H and O–H groups in total. The molecule has 29 heavy (non-hydrogen) atoms. The molecule has 2 heterocycles. The van der Waals surface area contributed by atoms with Gasteiger partial charge in [0, 0.05) is 53.1 Å². The first-order valence-electron chi connectivity index (χ1n) is 8.74. The highest BCUT2D eigenvalue weighted by molar-refractivity contribution is 6.30. The molecule has 146 valence electrons. The van der Waals surface area contributed by atoms with Gasteiger partial charge in [-0.3, -0.25) is 14.9 Å². The Labute approximate surface area is 170 Å². The number of halogens is 1. The van der Waals surface area contributed by atoms with E-state index in [-0.39, 0.29) is 11.2 Å². The molecule has 7 nitrogen and oxygen atoms in total. The van der Waals surface area contributed by atoms with Crippen molar-refractivity contribution < 1.29 is 9.66 Å². The van der Waals surface area contributed by atoms with Crippen LogP contribution in [0.1, 0.15) is 5.56 Å². The molecule has 0 fully saturated rings. The fourth-order valence-corrected chi connectivity index (χ4v) is 3.49. The van der Waals surface area contributed by atoms with E-state index in [2.05, 4.69) is 4.98 Å². The number of H-pyrrole nitrogens is 1. The maximum atomic E-state index is 12.4. The fraction of sp³-hybridized carbons (Fsp3) is 0.0952. The van der Waals surface area contributed by atoms with Gasteiger partial charge in [-0.15, -0.1) is 0 Å². The molecule has 0 radical (unpaired) electrons. The highest BCUT2D eigenvalue weighted by Gasteiger charge is 2.19. The van der Waals surface area contributed by atoms with Crippen LogP contribution in [0.2, 0.25) is 5.02 Å². The van der Waals surface area contributed by atoms with E-state index >= 15 is 0 Å². The lowest BCUT2D eigenvalue weighted by Crippen LogP contribution is -2.16. The molecule has 0 atom stereocenters. The fourth-order valence-electron chi connectivity index (χ4n) is 3.26. The van der Waals surface area contributed by atoms with Crippen molar-refractivity contribution in [1.29, 1.82) is 0 Å². The summed E-state index contributed by atoms with van der Waals surface area (Å²) in [7, 11) is 1.63. The number of hydrogen-bond acceptors (Lipinski definition) is 4. The molecule has 2 aromatic carbocycles. The largest absolute Gasteiger partial charge is 0.456 e. The van der Waals surface area contributed by atoms with Gasteiger partial charge in [0.25, 0.3) is 11.2 Å². The van der Waals surface area contributed by atoms with Crippen LogP contribution in [-0.4, -0.2) is 14.5 Å². The molecule has 0 saturated heterocycles. The molecule has 0 aliphatic heterocycles. The van der Waals surface area contributed by atoms with Crippen LogP contribution in [0, 0.1) is 17.0 Å². The van der Waals surface area contributed by atoms with Crippen LogP contribution in [0.4, 0.5) is 5.69 Å². The van der Waals surface area contributed by atoms with Crippen LogP contribution in [0.3, 0.4) is 0 Å². The second kappa shape index (κ2) is 7.10. The van der Waals surface area contributed by atoms with Crippen LogP contribution >= 0.6 is 11.6 Å². The number of aromatic amines is 1. The molecular weight excluding hydrogens is 394 g/mol. The molecule has 4 aromatic rings. The lowest BCUT2D eigenvalue weighted by molar-refractivity contribution is -0.384. The Morgan fingerprint density at radius 1 is 1.10 bits per heavy atom. The number of fused-ring (bicyclic) bond motifs is 1. The van der Waals surface area contributed by atoms with Crippen molar-refractivity contribution in [2.75, 3.05) is 0 Å². The molecule has 0 bridgehead atoms. The van der Waals surface area contributed by atoms with Gasteiger partial charge in [0.1, 0.15) is 17.0 Å². The summed E-state index contributed by atoms with van der Waals surface area (Å²) in [6.45, 7) is 1.86. The average molecular weight is 410 g/mol. The zero-order valence-electron chi connectivity index (χ0n) is 15.6. The Balaban J connectivity index is 1.96. The predicted molar refractivity (Wildman–Crippen MR) is 112 cm³/mol. The number of aryl methyl sites for hydroxylation is 2. The Hall–Kier alpha value is -3.58. The van der Waals surface area contributed by atoms with Crippen LogP contribution in [-0.2, 0) is 7.05 Å². The van der Waals surface area contributed by atoms with Crippen molar-refractivity contribution in [2.24, 2.45) is 7.05 Å². The summed E-state index contributed by atoms with van der Waals surface area (Å²) in [6.07, 6.45) is 3.32. The average Bonchev–Trinajstić information content (AvgIpc) is 3.17. The summed E-state index contributed by atoms with van der Waals surface area (Å²) in [5, 5.41) is 12.6. The van der Waals surface area contributed by atoms with E-state index in [1.807, 2.05) is 6.92 Å². The minimum Gasteiger partial charge on any atom is -0.456 e. The number of rotatable bonds is 4. The van der Waals surface area contributed by atoms with E-state index in [1.165, 1.54) is 16.7 Å². The Morgan fingerprint density at radius 2 is 1.86 bits per heavy atom. The van der Waals surface area contributed by atoms with Gasteiger partial charge in [-0.2, -0.15) is 0 Å². The topological polar surface area (TPSA) is 90.2 Å². The van der Waals surface area contributed by atoms with E-state index < -0.39 is 4.92 Å². The number of nitrogens with one attached hydrogen (secondary N) is 1. The first kappa shape index (κ1) is 18.8. The van der Waals surface area contributed by atoms with Crippen molar-refractivity contribution in [1.82, 2.24) is 9.55 Å². The SMILES string of the molecule is Cc1cc(Cl)ccc1Oc1ccc([N+](=O)[O-])cc1-c1cn(C)c(=O)c2[nH]ccc12. The maximum absolute atomic E-state index is 12.4. The van der Waals surface area contributed by atoms with Gasteiger partial charge < -0.3 is 14.3 Å². The van der Waals surface area contributed by atoms with E-state index in [0.717, 1.165) is 5.56 Å². The van der Waals surface area contributed by atoms with Gasteiger partial charge >= 0.3 is 0 Å². The first-order valence-corrected chi connectivity index (χ1v) is 9.12. The van der Waals surface area contributed by atoms with Gasteiger partial charge in [-0.05, 0) is 42.8 Å². The number of hydrogen-bond donors (Lipinski definition) is 1. The Bertz CT molecular complexity index is 1320. The second-order valence-electron chi connectivity index (χ2n) is 6.67. The van der Waals surface area contributed by atoms with Crippen molar-refractivity contribution in [3.8, 4) is 22.6 Å². The van der Waals surface area contributed by atoms with Crippen LogP contribution < -0.4 is 10.3 Å². The summed E-state index contributed by atoms with van der Waals surface area (Å²) in [5.41, 5.74) is 2.15. The highest BCUT2D eigenvalue weighted by Crippen LogP contribution is 2.39. The third-order valence-electron chi connectivity index (χ3n) is 4.72.